The molecule has 0 spiro atoms. The van der Waals surface area contributed by atoms with Crippen LogP contribution >= 0.6 is 0 Å². The predicted molar refractivity (Wildman–Crippen MR) is 79.9 cm³/mol. The molecule has 0 saturated carbocycles. The van der Waals surface area contributed by atoms with E-state index in [0.717, 1.165) is 11.1 Å². The maximum absolute atomic E-state index is 12.3. The Kier molecular flexibility index (Phi) is 3.31. The van der Waals surface area contributed by atoms with Gasteiger partial charge in [0, 0.05) is 12.6 Å². The molecule has 21 heavy (non-hydrogen) atoms. The third kappa shape index (κ3) is 2.34. The lowest BCUT2D eigenvalue weighted by atomic mass is 10.1. The molecule has 4 nitrogen and oxygen atoms in total. The van der Waals surface area contributed by atoms with Gasteiger partial charge in [0.2, 0.25) is 0 Å². The molecule has 2 aromatic carbocycles. The number of hydrogen-bond acceptors (Lipinski definition) is 3. The highest BCUT2D eigenvalue weighted by molar-refractivity contribution is 6.21. The van der Waals surface area contributed by atoms with Crippen LogP contribution in [0.3, 0.4) is 0 Å². The van der Waals surface area contributed by atoms with Gasteiger partial charge in [0.1, 0.15) is 0 Å². The molecule has 0 bridgehead atoms. The quantitative estimate of drug-likeness (QED) is 0.877. The zero-order valence-corrected chi connectivity index (χ0v) is 11.7. The van der Waals surface area contributed by atoms with Crippen LogP contribution in [0, 0.1) is 6.92 Å². The summed E-state index contributed by atoms with van der Waals surface area (Å²) in [4.78, 5) is 25.8. The van der Waals surface area contributed by atoms with Crippen LogP contribution < -0.4 is 5.73 Å². The van der Waals surface area contributed by atoms with E-state index in [4.69, 9.17) is 5.73 Å². The number of carbonyl (C=O) groups excluding carboxylic acids is 2. The molecular weight excluding hydrogens is 264 g/mol. The maximum atomic E-state index is 12.3. The number of nitrogens with zero attached hydrogens (tertiary/aromatic N) is 1. The Morgan fingerprint density at radius 3 is 2.00 bits per heavy atom. The van der Waals surface area contributed by atoms with Crippen LogP contribution in [0.15, 0.2) is 48.5 Å². The molecule has 1 atom stereocenters. The van der Waals surface area contributed by atoms with Crippen molar-refractivity contribution < 1.29 is 9.59 Å². The average Bonchev–Trinajstić information content (AvgIpc) is 2.73. The number of hydrogen-bond donors (Lipinski definition) is 1. The highest BCUT2D eigenvalue weighted by Gasteiger charge is 2.35. The van der Waals surface area contributed by atoms with Gasteiger partial charge in [0.15, 0.2) is 0 Å². The van der Waals surface area contributed by atoms with Crippen molar-refractivity contribution in [1.82, 2.24) is 4.90 Å². The predicted octanol–water partition coefficient (Wildman–Crippen LogP) is 2.29. The van der Waals surface area contributed by atoms with E-state index in [0.29, 0.717) is 11.1 Å². The minimum Gasteiger partial charge on any atom is -0.322 e. The van der Waals surface area contributed by atoms with Crippen LogP contribution in [-0.4, -0.2) is 23.3 Å². The molecule has 1 aliphatic rings. The van der Waals surface area contributed by atoms with Gasteiger partial charge in [0.05, 0.1) is 11.1 Å². The van der Waals surface area contributed by atoms with Crippen LogP contribution in [0.25, 0.3) is 0 Å². The summed E-state index contributed by atoms with van der Waals surface area (Å²) in [6.07, 6.45) is 0. The first-order valence-corrected chi connectivity index (χ1v) is 6.85. The Hall–Kier alpha value is -2.46. The number of benzene rings is 2. The normalized spacial score (nSPS) is 15.2. The van der Waals surface area contributed by atoms with Crippen LogP contribution in [-0.2, 0) is 0 Å². The zero-order chi connectivity index (χ0) is 15.0. The molecule has 4 heteroatoms. The van der Waals surface area contributed by atoms with E-state index in [1.165, 1.54) is 4.90 Å². The lowest BCUT2D eigenvalue weighted by Crippen LogP contribution is -2.36. The van der Waals surface area contributed by atoms with Gasteiger partial charge in [-0.3, -0.25) is 14.5 Å². The molecule has 1 aliphatic heterocycles. The molecule has 0 radical (unpaired) electrons. The monoisotopic (exact) mass is 280 g/mol. The van der Waals surface area contributed by atoms with Crippen molar-refractivity contribution in [2.75, 3.05) is 6.54 Å². The first kappa shape index (κ1) is 13.5. The fourth-order valence-corrected chi connectivity index (χ4v) is 2.52. The molecule has 2 N–H and O–H groups in total. The van der Waals surface area contributed by atoms with Gasteiger partial charge < -0.3 is 5.73 Å². The van der Waals surface area contributed by atoms with Gasteiger partial charge in [-0.15, -0.1) is 0 Å². The number of carbonyl (C=O) groups is 2. The SMILES string of the molecule is Cc1ccc(C(N)CN2C(=O)c3ccccc3C2=O)cc1. The summed E-state index contributed by atoms with van der Waals surface area (Å²) in [6.45, 7) is 2.19. The van der Waals surface area contributed by atoms with Crippen molar-refractivity contribution >= 4 is 11.8 Å². The van der Waals surface area contributed by atoms with Gasteiger partial charge in [-0.25, -0.2) is 0 Å². The van der Waals surface area contributed by atoms with Crippen LogP contribution in [0.2, 0.25) is 0 Å². The third-order valence-electron chi connectivity index (χ3n) is 3.76. The number of aryl methyl sites for hydroxylation is 1. The van der Waals surface area contributed by atoms with E-state index >= 15 is 0 Å². The Balaban J connectivity index is 1.82. The largest absolute Gasteiger partial charge is 0.322 e. The summed E-state index contributed by atoms with van der Waals surface area (Å²) >= 11 is 0. The lowest BCUT2D eigenvalue weighted by molar-refractivity contribution is 0.0644. The summed E-state index contributed by atoms with van der Waals surface area (Å²) < 4.78 is 0. The molecule has 2 amide bonds. The summed E-state index contributed by atoms with van der Waals surface area (Å²) in [5.74, 6) is -0.531. The lowest BCUT2D eigenvalue weighted by Gasteiger charge is -2.19. The average molecular weight is 280 g/mol. The standard InChI is InChI=1S/C17H16N2O2/c1-11-6-8-12(9-7-11)15(18)10-19-16(20)13-4-2-3-5-14(13)17(19)21/h2-9,15H,10,18H2,1H3. The van der Waals surface area contributed by atoms with Crippen LogP contribution in [0.4, 0.5) is 0 Å². The summed E-state index contributed by atoms with van der Waals surface area (Å²) in [7, 11) is 0. The van der Waals surface area contributed by atoms with Crippen molar-refractivity contribution in [1.29, 1.82) is 0 Å². The van der Waals surface area contributed by atoms with E-state index in [1.807, 2.05) is 31.2 Å². The Morgan fingerprint density at radius 1 is 0.952 bits per heavy atom. The van der Waals surface area contributed by atoms with Crippen molar-refractivity contribution in [2.24, 2.45) is 5.73 Å². The maximum Gasteiger partial charge on any atom is 0.261 e. The first-order chi connectivity index (χ1) is 10.1. The molecule has 2 aromatic rings. The minimum absolute atomic E-state index is 0.190. The summed E-state index contributed by atoms with van der Waals surface area (Å²) in [5, 5.41) is 0. The molecule has 3 rings (SSSR count). The Labute approximate surface area is 123 Å². The Morgan fingerprint density at radius 2 is 1.48 bits per heavy atom. The van der Waals surface area contributed by atoms with Crippen molar-refractivity contribution in [3.8, 4) is 0 Å². The zero-order valence-electron chi connectivity index (χ0n) is 11.7. The van der Waals surface area contributed by atoms with Crippen LogP contribution in [0.1, 0.15) is 37.9 Å². The third-order valence-corrected chi connectivity index (χ3v) is 3.76. The first-order valence-electron chi connectivity index (χ1n) is 6.85. The second-order valence-electron chi connectivity index (χ2n) is 5.28. The van der Waals surface area contributed by atoms with E-state index in [2.05, 4.69) is 0 Å². The number of nitrogens with two attached hydrogens (primary N) is 1. The van der Waals surface area contributed by atoms with E-state index in [9.17, 15) is 9.59 Å². The fraction of sp³-hybridized carbons (Fsp3) is 0.176. The summed E-state index contributed by atoms with van der Waals surface area (Å²) in [5.41, 5.74) is 9.11. The fourth-order valence-electron chi connectivity index (χ4n) is 2.52. The van der Waals surface area contributed by atoms with Gasteiger partial charge in [-0.05, 0) is 24.6 Å². The molecule has 0 fully saturated rings. The van der Waals surface area contributed by atoms with Crippen molar-refractivity contribution in [3.63, 3.8) is 0 Å². The summed E-state index contributed by atoms with van der Waals surface area (Å²) in [6, 6.07) is 14.3. The molecule has 106 valence electrons. The highest BCUT2D eigenvalue weighted by atomic mass is 16.2. The van der Waals surface area contributed by atoms with Crippen LogP contribution in [0.5, 0.6) is 0 Å². The number of fused-ring (bicyclic) bond motifs is 1. The second-order valence-corrected chi connectivity index (χ2v) is 5.28. The number of rotatable bonds is 3. The van der Waals surface area contributed by atoms with Gasteiger partial charge in [-0.1, -0.05) is 42.0 Å². The van der Waals surface area contributed by atoms with Gasteiger partial charge >= 0.3 is 0 Å². The Bertz CT molecular complexity index is 672. The van der Waals surface area contributed by atoms with Crippen molar-refractivity contribution in [2.45, 2.75) is 13.0 Å². The van der Waals surface area contributed by atoms with E-state index in [-0.39, 0.29) is 24.4 Å². The topological polar surface area (TPSA) is 63.4 Å². The smallest absolute Gasteiger partial charge is 0.261 e. The number of amides is 2. The molecule has 1 heterocycles. The molecule has 0 aromatic heterocycles. The number of imide groups is 1. The second kappa shape index (κ2) is 5.14. The van der Waals surface area contributed by atoms with Gasteiger partial charge in [0.25, 0.3) is 11.8 Å². The van der Waals surface area contributed by atoms with Gasteiger partial charge in [-0.2, -0.15) is 0 Å². The molecule has 0 saturated heterocycles. The van der Waals surface area contributed by atoms with E-state index in [1.54, 1.807) is 24.3 Å². The highest BCUT2D eigenvalue weighted by Crippen LogP contribution is 2.24. The molecule has 0 aliphatic carbocycles. The van der Waals surface area contributed by atoms with Crippen molar-refractivity contribution in [3.05, 3.63) is 70.8 Å². The minimum atomic E-state index is -0.382. The molecular formula is C17H16N2O2. The molecule has 1 unspecified atom stereocenters. The van der Waals surface area contributed by atoms with E-state index < -0.39 is 0 Å².